The zero-order valence-electron chi connectivity index (χ0n) is 19.5. The van der Waals surface area contributed by atoms with Gasteiger partial charge in [0, 0.05) is 13.1 Å². The maximum Gasteiger partial charge on any atom is 0.244 e. The van der Waals surface area contributed by atoms with Crippen molar-refractivity contribution in [3.8, 4) is 0 Å². The van der Waals surface area contributed by atoms with Crippen molar-refractivity contribution in [3.05, 3.63) is 65.2 Å². The molecule has 0 radical (unpaired) electrons. The summed E-state index contributed by atoms with van der Waals surface area (Å²) in [6.07, 6.45) is 1.50. The van der Waals surface area contributed by atoms with Gasteiger partial charge in [0.05, 0.1) is 11.9 Å². The first-order chi connectivity index (χ1) is 15.1. The van der Waals surface area contributed by atoms with E-state index in [4.69, 9.17) is 0 Å². The first-order valence-corrected chi connectivity index (χ1v) is 12.6. The minimum Gasteiger partial charge on any atom is -0.355 e. The van der Waals surface area contributed by atoms with E-state index in [0.717, 1.165) is 27.3 Å². The Morgan fingerprint density at radius 2 is 1.69 bits per heavy atom. The Labute approximate surface area is 191 Å². The smallest absolute Gasteiger partial charge is 0.244 e. The van der Waals surface area contributed by atoms with E-state index < -0.39 is 22.0 Å². The number of amides is 2. The van der Waals surface area contributed by atoms with Crippen LogP contribution in [0, 0.1) is 13.8 Å². The Morgan fingerprint density at radius 3 is 2.25 bits per heavy atom. The van der Waals surface area contributed by atoms with Crippen molar-refractivity contribution in [1.82, 2.24) is 10.2 Å². The molecule has 1 unspecified atom stereocenters. The lowest BCUT2D eigenvalue weighted by Crippen LogP contribution is -2.52. The second-order valence-electron chi connectivity index (χ2n) is 7.89. The molecule has 1 atom stereocenters. The van der Waals surface area contributed by atoms with Gasteiger partial charge in [0.25, 0.3) is 0 Å². The average molecular weight is 460 g/mol. The Kier molecular flexibility index (Phi) is 8.83. The maximum absolute atomic E-state index is 13.5. The van der Waals surface area contributed by atoms with Crippen molar-refractivity contribution in [2.24, 2.45) is 0 Å². The van der Waals surface area contributed by atoms with Crippen LogP contribution in [0.3, 0.4) is 0 Å². The summed E-state index contributed by atoms with van der Waals surface area (Å²) < 4.78 is 26.5. The second kappa shape index (κ2) is 11.1. The molecular weight excluding hydrogens is 426 g/mol. The molecule has 0 aromatic heterocycles. The van der Waals surface area contributed by atoms with Crippen LogP contribution >= 0.6 is 0 Å². The number of anilines is 1. The van der Waals surface area contributed by atoms with E-state index >= 15 is 0 Å². The van der Waals surface area contributed by atoms with Crippen molar-refractivity contribution in [2.45, 2.75) is 46.7 Å². The first-order valence-electron chi connectivity index (χ1n) is 10.7. The number of hydrogen-bond acceptors (Lipinski definition) is 4. The standard InChI is InChI=1S/C24H33N3O4S/c1-6-21(24(29)25-7-2)26(16-20-11-9-8-10-12-20)23(28)17-27(32(5,30)31)22-15-18(3)13-14-19(22)4/h8-15,21H,6-7,16-17H2,1-5H3,(H,25,29). The van der Waals surface area contributed by atoms with Gasteiger partial charge in [-0.25, -0.2) is 8.42 Å². The van der Waals surface area contributed by atoms with Crippen LogP contribution in [-0.2, 0) is 26.2 Å². The van der Waals surface area contributed by atoms with Crippen molar-refractivity contribution < 1.29 is 18.0 Å². The minimum atomic E-state index is -3.74. The summed E-state index contributed by atoms with van der Waals surface area (Å²) in [5, 5.41) is 2.78. The fourth-order valence-electron chi connectivity index (χ4n) is 3.57. The van der Waals surface area contributed by atoms with Gasteiger partial charge in [0.1, 0.15) is 12.6 Å². The molecular formula is C24H33N3O4S. The number of carbonyl (C=O) groups is 2. The van der Waals surface area contributed by atoms with Crippen molar-refractivity contribution >= 4 is 27.5 Å². The van der Waals surface area contributed by atoms with Gasteiger partial charge in [-0.2, -0.15) is 0 Å². The molecule has 0 heterocycles. The monoisotopic (exact) mass is 459 g/mol. The highest BCUT2D eigenvalue weighted by molar-refractivity contribution is 7.92. The number of nitrogens with zero attached hydrogens (tertiary/aromatic N) is 2. The van der Waals surface area contributed by atoms with Crippen molar-refractivity contribution in [1.29, 1.82) is 0 Å². The molecule has 0 saturated heterocycles. The van der Waals surface area contributed by atoms with Crippen LogP contribution in [-0.4, -0.2) is 50.5 Å². The van der Waals surface area contributed by atoms with E-state index in [2.05, 4.69) is 5.32 Å². The van der Waals surface area contributed by atoms with Crippen LogP contribution in [0.1, 0.15) is 37.0 Å². The third-order valence-corrected chi connectivity index (χ3v) is 6.37. The number of carbonyl (C=O) groups excluding carboxylic acids is 2. The number of nitrogens with one attached hydrogen (secondary N) is 1. The molecule has 7 nitrogen and oxygen atoms in total. The van der Waals surface area contributed by atoms with Gasteiger partial charge in [-0.1, -0.05) is 49.4 Å². The molecule has 2 rings (SSSR count). The molecule has 32 heavy (non-hydrogen) atoms. The van der Waals surface area contributed by atoms with E-state index in [1.165, 1.54) is 4.90 Å². The number of hydrogen-bond donors (Lipinski definition) is 1. The Balaban J connectivity index is 2.45. The van der Waals surface area contributed by atoms with Gasteiger partial charge in [-0.05, 0) is 49.9 Å². The van der Waals surface area contributed by atoms with Crippen LogP contribution in [0.4, 0.5) is 5.69 Å². The van der Waals surface area contributed by atoms with E-state index in [9.17, 15) is 18.0 Å². The molecule has 0 spiro atoms. The van der Waals surface area contributed by atoms with Gasteiger partial charge < -0.3 is 10.2 Å². The van der Waals surface area contributed by atoms with Crippen LogP contribution in [0.2, 0.25) is 0 Å². The molecule has 1 N–H and O–H groups in total. The van der Waals surface area contributed by atoms with E-state index in [1.54, 1.807) is 6.07 Å². The fraction of sp³-hybridized carbons (Fsp3) is 0.417. The second-order valence-corrected chi connectivity index (χ2v) is 9.79. The Morgan fingerprint density at radius 1 is 1.03 bits per heavy atom. The third-order valence-electron chi connectivity index (χ3n) is 5.25. The van der Waals surface area contributed by atoms with Crippen LogP contribution in [0.25, 0.3) is 0 Å². The maximum atomic E-state index is 13.5. The number of aryl methyl sites for hydroxylation is 2. The highest BCUT2D eigenvalue weighted by atomic mass is 32.2. The fourth-order valence-corrected chi connectivity index (χ4v) is 4.47. The summed E-state index contributed by atoms with van der Waals surface area (Å²) in [5.74, 6) is -0.685. The predicted octanol–water partition coefficient (Wildman–Crippen LogP) is 3.01. The lowest BCUT2D eigenvalue weighted by atomic mass is 10.1. The quantitative estimate of drug-likeness (QED) is 0.592. The number of benzene rings is 2. The molecule has 0 aliphatic heterocycles. The van der Waals surface area contributed by atoms with E-state index in [1.807, 2.05) is 70.2 Å². The molecule has 0 aliphatic carbocycles. The SMILES string of the molecule is CCNC(=O)C(CC)N(Cc1ccccc1)C(=O)CN(c1cc(C)ccc1C)S(C)(=O)=O. The summed E-state index contributed by atoms with van der Waals surface area (Å²) in [7, 11) is -3.74. The van der Waals surface area contributed by atoms with E-state index in [-0.39, 0.29) is 19.0 Å². The summed E-state index contributed by atoms with van der Waals surface area (Å²) >= 11 is 0. The molecule has 8 heteroatoms. The highest BCUT2D eigenvalue weighted by Gasteiger charge is 2.31. The number of sulfonamides is 1. The molecule has 0 bridgehead atoms. The zero-order chi connectivity index (χ0) is 23.9. The lowest BCUT2D eigenvalue weighted by Gasteiger charge is -2.33. The summed E-state index contributed by atoms with van der Waals surface area (Å²) in [5.41, 5.74) is 2.97. The molecule has 2 amide bonds. The normalized spacial score (nSPS) is 12.2. The van der Waals surface area contributed by atoms with Gasteiger partial charge in [0.2, 0.25) is 21.8 Å². The molecule has 174 valence electrons. The summed E-state index contributed by atoms with van der Waals surface area (Å²) in [6, 6.07) is 14.1. The van der Waals surface area contributed by atoms with Crippen molar-refractivity contribution in [3.63, 3.8) is 0 Å². The summed E-state index contributed by atoms with van der Waals surface area (Å²) in [6.45, 7) is 7.61. The van der Waals surface area contributed by atoms with E-state index in [0.29, 0.717) is 18.7 Å². The van der Waals surface area contributed by atoms with Gasteiger partial charge in [-0.15, -0.1) is 0 Å². The third kappa shape index (κ3) is 6.56. The van der Waals surface area contributed by atoms with Gasteiger partial charge in [-0.3, -0.25) is 13.9 Å². The van der Waals surface area contributed by atoms with Crippen LogP contribution < -0.4 is 9.62 Å². The number of likely N-dealkylation sites (N-methyl/N-ethyl adjacent to an activating group) is 1. The van der Waals surface area contributed by atoms with Crippen LogP contribution in [0.15, 0.2) is 48.5 Å². The van der Waals surface area contributed by atoms with Gasteiger partial charge >= 0.3 is 0 Å². The van der Waals surface area contributed by atoms with Gasteiger partial charge in [0.15, 0.2) is 0 Å². The largest absolute Gasteiger partial charge is 0.355 e. The molecule has 2 aromatic carbocycles. The topological polar surface area (TPSA) is 86.8 Å². The average Bonchev–Trinajstić information content (AvgIpc) is 2.73. The molecule has 0 saturated carbocycles. The molecule has 0 fully saturated rings. The molecule has 2 aromatic rings. The van der Waals surface area contributed by atoms with Crippen molar-refractivity contribution in [2.75, 3.05) is 23.7 Å². The lowest BCUT2D eigenvalue weighted by molar-refractivity contribution is -0.140. The Hall–Kier alpha value is -2.87. The highest BCUT2D eigenvalue weighted by Crippen LogP contribution is 2.24. The predicted molar refractivity (Wildman–Crippen MR) is 128 cm³/mol. The minimum absolute atomic E-state index is 0.208. The number of rotatable bonds is 10. The zero-order valence-corrected chi connectivity index (χ0v) is 20.3. The first kappa shape index (κ1) is 25.4. The Bertz CT molecular complexity index is 1040. The summed E-state index contributed by atoms with van der Waals surface area (Å²) in [4.78, 5) is 27.7. The van der Waals surface area contributed by atoms with Crippen LogP contribution in [0.5, 0.6) is 0 Å². The molecule has 0 aliphatic rings.